The maximum atomic E-state index is 12.1. The molecule has 0 fully saturated rings. The van der Waals surface area contributed by atoms with Gasteiger partial charge in [-0.1, -0.05) is 16.6 Å². The molecule has 0 aliphatic rings. The van der Waals surface area contributed by atoms with Crippen LogP contribution in [0.1, 0.15) is 12.3 Å². The van der Waals surface area contributed by atoms with Gasteiger partial charge in [-0.3, -0.25) is 4.79 Å². The number of aromatic nitrogens is 4. The van der Waals surface area contributed by atoms with Gasteiger partial charge in [0.2, 0.25) is 17.7 Å². The first-order chi connectivity index (χ1) is 12.8. The third-order valence-corrected chi connectivity index (χ3v) is 4.81. The second kappa shape index (κ2) is 7.54. The molecule has 0 saturated carbocycles. The Labute approximate surface area is 156 Å². The van der Waals surface area contributed by atoms with Crippen molar-refractivity contribution in [2.24, 2.45) is 0 Å². The average Bonchev–Trinajstić information content (AvgIpc) is 3.42. The summed E-state index contributed by atoms with van der Waals surface area (Å²) in [5.41, 5.74) is 3.41. The molecular formula is C17H13N5O2S2. The first kappa shape index (κ1) is 16.6. The Hall–Kier alpha value is -2.91. The smallest absolute Gasteiger partial charge is 0.248 e. The van der Waals surface area contributed by atoms with Crippen LogP contribution < -0.4 is 5.32 Å². The predicted molar refractivity (Wildman–Crippen MR) is 99.9 cm³/mol. The van der Waals surface area contributed by atoms with Gasteiger partial charge in [0.15, 0.2) is 0 Å². The van der Waals surface area contributed by atoms with Gasteiger partial charge in [-0.15, -0.1) is 15.3 Å². The van der Waals surface area contributed by atoms with E-state index in [0.717, 1.165) is 22.5 Å². The van der Waals surface area contributed by atoms with Crippen LogP contribution in [0.5, 0.6) is 0 Å². The van der Waals surface area contributed by atoms with Crippen LogP contribution in [0.3, 0.4) is 0 Å². The van der Waals surface area contributed by atoms with E-state index < -0.39 is 0 Å². The van der Waals surface area contributed by atoms with Crippen molar-refractivity contribution >= 4 is 34.5 Å². The maximum absolute atomic E-state index is 12.1. The van der Waals surface area contributed by atoms with Crippen LogP contribution in [0.2, 0.25) is 0 Å². The number of hydrogen-bond acceptors (Lipinski definition) is 8. The largest absolute Gasteiger partial charge is 0.421 e. The summed E-state index contributed by atoms with van der Waals surface area (Å²) in [5, 5.41) is 20.6. The van der Waals surface area contributed by atoms with Crippen molar-refractivity contribution in [2.45, 2.75) is 12.8 Å². The maximum Gasteiger partial charge on any atom is 0.248 e. The molecule has 0 unspecified atom stereocenters. The normalized spacial score (nSPS) is 10.8. The zero-order valence-electron chi connectivity index (χ0n) is 13.5. The van der Waals surface area contributed by atoms with Crippen LogP contribution in [-0.2, 0) is 11.2 Å². The van der Waals surface area contributed by atoms with Crippen molar-refractivity contribution in [2.75, 3.05) is 5.32 Å². The number of aryl methyl sites for hydroxylation is 1. The monoisotopic (exact) mass is 383 g/mol. The molecule has 4 aromatic rings. The molecule has 0 spiro atoms. The summed E-state index contributed by atoms with van der Waals surface area (Å²) in [6.45, 7) is 0. The van der Waals surface area contributed by atoms with Crippen molar-refractivity contribution in [1.82, 2.24) is 19.8 Å². The molecule has 3 aromatic heterocycles. The second-order valence-corrected chi connectivity index (χ2v) is 6.82. The highest BCUT2D eigenvalue weighted by Crippen LogP contribution is 2.22. The van der Waals surface area contributed by atoms with E-state index in [1.807, 2.05) is 46.5 Å². The Morgan fingerprint density at radius 3 is 2.65 bits per heavy atom. The number of carbonyl (C=O) groups is 1. The van der Waals surface area contributed by atoms with E-state index in [1.165, 1.54) is 11.5 Å². The van der Waals surface area contributed by atoms with Crippen molar-refractivity contribution in [3.05, 3.63) is 52.4 Å². The van der Waals surface area contributed by atoms with Crippen LogP contribution in [0.25, 0.3) is 22.7 Å². The fourth-order valence-electron chi connectivity index (χ4n) is 2.32. The number of hydrogen-bond donors (Lipinski definition) is 1. The lowest BCUT2D eigenvalue weighted by Crippen LogP contribution is -2.12. The highest BCUT2D eigenvalue weighted by atomic mass is 32.1. The Kier molecular flexibility index (Phi) is 4.80. The number of benzene rings is 1. The SMILES string of the molecule is O=C(CCc1nnc(-c2ccsc2)o1)Nc1ccc(-c2csnn2)cc1. The van der Waals surface area contributed by atoms with Gasteiger partial charge in [-0.05, 0) is 35.1 Å². The van der Waals surface area contributed by atoms with Gasteiger partial charge in [0.1, 0.15) is 5.69 Å². The minimum atomic E-state index is -0.108. The number of amides is 1. The van der Waals surface area contributed by atoms with Crippen LogP contribution in [0.4, 0.5) is 5.69 Å². The lowest BCUT2D eigenvalue weighted by molar-refractivity contribution is -0.116. The van der Waals surface area contributed by atoms with Gasteiger partial charge in [0.25, 0.3) is 0 Å². The molecule has 7 nitrogen and oxygen atoms in total. The molecule has 0 aliphatic heterocycles. The van der Waals surface area contributed by atoms with E-state index >= 15 is 0 Å². The topological polar surface area (TPSA) is 93.8 Å². The minimum Gasteiger partial charge on any atom is -0.421 e. The molecule has 1 amide bonds. The van der Waals surface area contributed by atoms with Crippen molar-refractivity contribution in [3.8, 4) is 22.7 Å². The van der Waals surface area contributed by atoms with Gasteiger partial charge in [0, 0.05) is 40.4 Å². The number of anilines is 1. The van der Waals surface area contributed by atoms with E-state index in [9.17, 15) is 4.79 Å². The minimum absolute atomic E-state index is 0.108. The Morgan fingerprint density at radius 2 is 1.92 bits per heavy atom. The number of nitrogens with one attached hydrogen (secondary N) is 1. The standard InChI is InChI=1S/C17H13N5O2S2/c23-15(5-6-16-20-21-17(24-16)12-7-8-25-9-12)18-13-3-1-11(2-4-13)14-10-26-22-19-14/h1-4,7-10H,5-6H2,(H,18,23). The van der Waals surface area contributed by atoms with E-state index in [4.69, 9.17) is 4.42 Å². The van der Waals surface area contributed by atoms with E-state index in [-0.39, 0.29) is 12.3 Å². The summed E-state index contributed by atoms with van der Waals surface area (Å²) in [6, 6.07) is 9.40. The molecule has 0 aliphatic carbocycles. The summed E-state index contributed by atoms with van der Waals surface area (Å²) in [4.78, 5) is 12.1. The van der Waals surface area contributed by atoms with Crippen LogP contribution >= 0.6 is 22.9 Å². The molecule has 9 heteroatoms. The number of nitrogens with zero attached hydrogens (tertiary/aromatic N) is 4. The quantitative estimate of drug-likeness (QED) is 0.543. The molecule has 0 bridgehead atoms. The third kappa shape index (κ3) is 3.84. The van der Waals surface area contributed by atoms with Gasteiger partial charge in [0.05, 0.1) is 0 Å². The third-order valence-electron chi connectivity index (χ3n) is 3.63. The van der Waals surface area contributed by atoms with Crippen LogP contribution in [0.15, 0.2) is 50.9 Å². The molecule has 1 aromatic carbocycles. The van der Waals surface area contributed by atoms with Gasteiger partial charge in [-0.2, -0.15) is 11.3 Å². The van der Waals surface area contributed by atoms with E-state index in [0.29, 0.717) is 18.2 Å². The van der Waals surface area contributed by atoms with Gasteiger partial charge < -0.3 is 9.73 Å². The first-order valence-electron chi connectivity index (χ1n) is 7.80. The number of rotatable bonds is 6. The molecule has 0 radical (unpaired) electrons. The molecule has 1 N–H and O–H groups in total. The summed E-state index contributed by atoms with van der Waals surface area (Å²) in [7, 11) is 0. The lowest BCUT2D eigenvalue weighted by Gasteiger charge is -2.05. The van der Waals surface area contributed by atoms with E-state index in [1.54, 1.807) is 11.3 Å². The van der Waals surface area contributed by atoms with Gasteiger partial charge in [-0.25, -0.2) is 0 Å². The average molecular weight is 383 g/mol. The first-order valence-corrected chi connectivity index (χ1v) is 9.58. The highest BCUT2D eigenvalue weighted by molar-refractivity contribution is 7.08. The lowest BCUT2D eigenvalue weighted by atomic mass is 10.1. The Bertz CT molecular complexity index is 979. The van der Waals surface area contributed by atoms with Crippen LogP contribution in [0, 0.1) is 0 Å². The molecule has 130 valence electrons. The Balaban J connectivity index is 1.31. The predicted octanol–water partition coefficient (Wildman–Crippen LogP) is 3.89. The molecule has 3 heterocycles. The van der Waals surface area contributed by atoms with Gasteiger partial charge >= 0.3 is 0 Å². The van der Waals surface area contributed by atoms with E-state index in [2.05, 4.69) is 25.1 Å². The summed E-state index contributed by atoms with van der Waals surface area (Å²) in [5.74, 6) is 0.824. The molecular weight excluding hydrogens is 370 g/mol. The fraction of sp³-hybridized carbons (Fsp3) is 0.118. The summed E-state index contributed by atoms with van der Waals surface area (Å²) in [6.07, 6.45) is 0.661. The summed E-state index contributed by atoms with van der Waals surface area (Å²) >= 11 is 2.87. The zero-order valence-corrected chi connectivity index (χ0v) is 15.1. The van der Waals surface area contributed by atoms with Crippen LogP contribution in [-0.4, -0.2) is 25.7 Å². The molecule has 26 heavy (non-hydrogen) atoms. The number of carbonyl (C=O) groups excluding carboxylic acids is 1. The second-order valence-electron chi connectivity index (χ2n) is 5.43. The van der Waals surface area contributed by atoms with Crippen molar-refractivity contribution in [1.29, 1.82) is 0 Å². The Morgan fingerprint density at radius 1 is 1.04 bits per heavy atom. The fourth-order valence-corrected chi connectivity index (χ4v) is 3.41. The van der Waals surface area contributed by atoms with Crippen molar-refractivity contribution in [3.63, 3.8) is 0 Å². The molecule has 0 atom stereocenters. The number of thiophene rings is 1. The molecule has 4 rings (SSSR count). The zero-order chi connectivity index (χ0) is 17.8. The molecule has 0 saturated heterocycles. The summed E-state index contributed by atoms with van der Waals surface area (Å²) < 4.78 is 9.42. The highest BCUT2D eigenvalue weighted by Gasteiger charge is 2.11. The van der Waals surface area contributed by atoms with Crippen molar-refractivity contribution < 1.29 is 9.21 Å².